The minimum absolute atomic E-state index is 0.0623. The van der Waals surface area contributed by atoms with Crippen LogP contribution in [0.15, 0.2) is 101 Å². The summed E-state index contributed by atoms with van der Waals surface area (Å²) < 4.78 is 7.19. The fourth-order valence-corrected chi connectivity index (χ4v) is 10.8. The molecule has 3 nitrogen and oxygen atoms in total. The average Bonchev–Trinajstić information content (AvgIpc) is 3.54. The van der Waals surface area contributed by atoms with E-state index in [9.17, 15) is 0 Å². The number of hydrogen-bond donors (Lipinski definition) is 0. The van der Waals surface area contributed by atoms with Crippen LogP contribution in [0.2, 0.25) is 0 Å². The second kappa shape index (κ2) is 11.5. The second-order valence-electron chi connectivity index (χ2n) is 21.2. The number of benzene rings is 5. The lowest BCUT2D eigenvalue weighted by molar-refractivity contribution is 0.332. The SMILES string of the molecule is CC(C)(C)c1cc2c3c(c1)N(c1ccccc1)c1c(oc4ccccc14)B3c1cc3c(cc1N2c1ccc2c(c1)C(C)(C)CCC2(C)C)C(C)(C)CCC3(C)C. The predicted octanol–water partition coefficient (Wildman–Crippen LogP) is 12.5. The summed E-state index contributed by atoms with van der Waals surface area (Å²) in [6, 6.07) is 37.3. The van der Waals surface area contributed by atoms with Gasteiger partial charge < -0.3 is 14.2 Å². The van der Waals surface area contributed by atoms with E-state index in [4.69, 9.17) is 4.42 Å². The van der Waals surface area contributed by atoms with E-state index >= 15 is 0 Å². The Labute approximate surface area is 335 Å². The van der Waals surface area contributed by atoms with Crippen LogP contribution in [0.25, 0.3) is 11.0 Å². The monoisotopic (exact) mass is 736 g/mol. The summed E-state index contributed by atoms with van der Waals surface area (Å²) in [7, 11) is 0. The van der Waals surface area contributed by atoms with E-state index in [0.29, 0.717) is 0 Å². The fourth-order valence-electron chi connectivity index (χ4n) is 10.8. The molecule has 0 amide bonds. The number of fused-ring (bicyclic) bond motifs is 8. The van der Waals surface area contributed by atoms with Crippen LogP contribution in [0.5, 0.6) is 0 Å². The molecule has 4 heteroatoms. The number of para-hydroxylation sites is 2. The average molecular weight is 737 g/mol. The molecule has 0 atom stereocenters. The Morgan fingerprint density at radius 2 is 1.09 bits per heavy atom. The third-order valence-corrected chi connectivity index (χ3v) is 14.5. The number of anilines is 6. The van der Waals surface area contributed by atoms with Gasteiger partial charge in [-0.15, -0.1) is 0 Å². The van der Waals surface area contributed by atoms with E-state index in [0.717, 1.165) is 28.0 Å². The number of nitrogens with zero attached hydrogens (tertiary/aromatic N) is 2. The van der Waals surface area contributed by atoms with Crippen molar-refractivity contribution < 1.29 is 4.42 Å². The van der Waals surface area contributed by atoms with Gasteiger partial charge in [0.2, 0.25) is 0 Å². The lowest BCUT2D eigenvalue weighted by atomic mass is 9.35. The summed E-state index contributed by atoms with van der Waals surface area (Å²) >= 11 is 0. The zero-order chi connectivity index (χ0) is 39.3. The van der Waals surface area contributed by atoms with Gasteiger partial charge in [-0.2, -0.15) is 0 Å². The molecular weight excluding hydrogens is 679 g/mol. The quantitative estimate of drug-likeness (QED) is 0.165. The summed E-state index contributed by atoms with van der Waals surface area (Å²) in [4.78, 5) is 5.17. The van der Waals surface area contributed by atoms with E-state index in [-0.39, 0.29) is 33.8 Å². The molecule has 4 aliphatic rings. The van der Waals surface area contributed by atoms with Gasteiger partial charge in [-0.1, -0.05) is 119 Å². The zero-order valence-corrected chi connectivity index (χ0v) is 35.4. The molecule has 0 radical (unpaired) electrons. The Morgan fingerprint density at radius 3 is 1.73 bits per heavy atom. The molecule has 10 rings (SSSR count). The van der Waals surface area contributed by atoms with Gasteiger partial charge in [-0.3, -0.25) is 0 Å². The zero-order valence-electron chi connectivity index (χ0n) is 35.4. The first-order valence-corrected chi connectivity index (χ1v) is 21.1. The molecule has 56 heavy (non-hydrogen) atoms. The molecule has 0 saturated carbocycles. The minimum Gasteiger partial charge on any atom is -0.468 e. The van der Waals surface area contributed by atoms with E-state index in [2.05, 4.69) is 183 Å². The number of furan rings is 1. The topological polar surface area (TPSA) is 19.6 Å². The highest BCUT2D eigenvalue weighted by molar-refractivity contribution is 7.00. The van der Waals surface area contributed by atoms with Crippen LogP contribution in [-0.2, 0) is 27.1 Å². The molecule has 2 aliphatic heterocycles. The van der Waals surface area contributed by atoms with Gasteiger partial charge in [0.1, 0.15) is 5.58 Å². The summed E-state index contributed by atoms with van der Waals surface area (Å²) in [5, 5.41) is 1.16. The first-order valence-electron chi connectivity index (χ1n) is 21.1. The molecule has 0 fully saturated rings. The standard InChI is InChI=1S/C52H57BN2O/c1-48(2,3)32-27-42-45-43(28-32)55(33-17-13-12-14-18-33)46-35-19-15-16-20-44(35)56-47(46)53(45)40-30-38-39(52(10,11)26-25-51(38,8)9)31-41(40)54(42)34-21-22-36-37(29-34)50(6,7)24-23-49(36,4)5/h12-22,27-31H,23-26H2,1-11H3. The van der Waals surface area contributed by atoms with Crippen molar-refractivity contribution in [1.29, 1.82) is 0 Å². The lowest BCUT2D eigenvalue weighted by Crippen LogP contribution is -2.61. The first-order chi connectivity index (χ1) is 26.4. The van der Waals surface area contributed by atoms with E-state index in [1.54, 1.807) is 0 Å². The summed E-state index contributed by atoms with van der Waals surface area (Å²) in [5.74, 6) is 0. The van der Waals surface area contributed by atoms with Gasteiger partial charge in [0.15, 0.2) is 0 Å². The highest BCUT2D eigenvalue weighted by Gasteiger charge is 2.49. The first kappa shape index (κ1) is 35.7. The molecule has 0 unspecified atom stereocenters. The Balaban J connectivity index is 1.37. The van der Waals surface area contributed by atoms with Crippen LogP contribution in [0.1, 0.15) is 130 Å². The number of rotatable bonds is 2. The van der Waals surface area contributed by atoms with Gasteiger partial charge in [-0.05, 0) is 146 Å². The van der Waals surface area contributed by atoms with E-state index < -0.39 is 0 Å². The summed E-state index contributed by atoms with van der Waals surface area (Å²) in [5.41, 5.74) is 19.5. The van der Waals surface area contributed by atoms with Gasteiger partial charge in [0.25, 0.3) is 6.71 Å². The van der Waals surface area contributed by atoms with Crippen molar-refractivity contribution in [3.05, 3.63) is 125 Å². The molecular formula is C52H57BN2O. The smallest absolute Gasteiger partial charge is 0.297 e. The number of hydrogen-bond acceptors (Lipinski definition) is 3. The maximum absolute atomic E-state index is 7.19. The van der Waals surface area contributed by atoms with Crippen LogP contribution in [0, 0.1) is 0 Å². The predicted molar refractivity (Wildman–Crippen MR) is 240 cm³/mol. The van der Waals surface area contributed by atoms with Crippen molar-refractivity contribution in [2.24, 2.45) is 0 Å². The third-order valence-electron chi connectivity index (χ3n) is 14.5. The molecule has 0 spiro atoms. The Kier molecular flexibility index (Phi) is 7.31. The lowest BCUT2D eigenvalue weighted by Gasteiger charge is -2.47. The highest BCUT2D eigenvalue weighted by Crippen LogP contribution is 2.53. The maximum Gasteiger partial charge on any atom is 0.297 e. The van der Waals surface area contributed by atoms with Crippen molar-refractivity contribution in [1.82, 2.24) is 0 Å². The minimum atomic E-state index is -0.0855. The van der Waals surface area contributed by atoms with Crippen molar-refractivity contribution >= 4 is 68.4 Å². The summed E-state index contributed by atoms with van der Waals surface area (Å²) in [6.07, 6.45) is 4.73. The second-order valence-corrected chi connectivity index (χ2v) is 21.2. The van der Waals surface area contributed by atoms with Gasteiger partial charge >= 0.3 is 0 Å². The molecule has 3 heterocycles. The van der Waals surface area contributed by atoms with E-state index in [1.165, 1.54) is 87.2 Å². The van der Waals surface area contributed by atoms with Gasteiger partial charge in [0.05, 0.1) is 11.3 Å². The van der Waals surface area contributed by atoms with Crippen LogP contribution in [0.4, 0.5) is 34.1 Å². The molecule has 5 aromatic carbocycles. The van der Waals surface area contributed by atoms with Crippen LogP contribution < -0.4 is 26.4 Å². The molecule has 0 N–H and O–H groups in total. The molecule has 0 saturated heterocycles. The molecule has 0 bridgehead atoms. The fraction of sp³-hybridized carbons (Fsp3) is 0.385. The maximum atomic E-state index is 7.19. The van der Waals surface area contributed by atoms with Crippen molar-refractivity contribution in [2.75, 3.05) is 9.80 Å². The van der Waals surface area contributed by atoms with Crippen molar-refractivity contribution in [3.8, 4) is 0 Å². The van der Waals surface area contributed by atoms with Crippen molar-refractivity contribution in [2.45, 2.75) is 129 Å². The largest absolute Gasteiger partial charge is 0.468 e. The summed E-state index contributed by atoms with van der Waals surface area (Å²) in [6.45, 7) is 26.6. The van der Waals surface area contributed by atoms with Crippen LogP contribution in [-0.4, -0.2) is 6.71 Å². The molecule has 6 aromatic rings. The van der Waals surface area contributed by atoms with Gasteiger partial charge in [0, 0.05) is 33.8 Å². The van der Waals surface area contributed by atoms with Crippen LogP contribution >= 0.6 is 0 Å². The Hall–Kier alpha value is -4.70. The third kappa shape index (κ3) is 5.03. The van der Waals surface area contributed by atoms with Crippen LogP contribution in [0.3, 0.4) is 0 Å². The Morgan fingerprint density at radius 1 is 0.536 bits per heavy atom. The van der Waals surface area contributed by atoms with Gasteiger partial charge in [-0.25, -0.2) is 0 Å². The Bertz CT molecular complexity index is 2600. The molecule has 2 aliphatic carbocycles. The molecule has 284 valence electrons. The normalized spacial score (nSPS) is 19.5. The molecule has 1 aromatic heterocycles. The highest BCUT2D eigenvalue weighted by atomic mass is 16.3. The van der Waals surface area contributed by atoms with E-state index in [1.807, 2.05) is 0 Å². The van der Waals surface area contributed by atoms with Crippen molar-refractivity contribution in [3.63, 3.8) is 0 Å².